The summed E-state index contributed by atoms with van der Waals surface area (Å²) < 4.78 is 5.04. The van der Waals surface area contributed by atoms with Gasteiger partial charge < -0.3 is 4.74 Å². The predicted octanol–water partition coefficient (Wildman–Crippen LogP) is 3.78. The number of rotatable bonds is 6. The number of halogens is 1. The normalized spacial score (nSPS) is 10.1. The molecule has 0 aromatic heterocycles. The average Bonchev–Trinajstić information content (AvgIpc) is 2.29. The third kappa shape index (κ3) is 5.42. The van der Waals surface area contributed by atoms with Gasteiger partial charge in [-0.25, -0.2) is 0 Å². The molecule has 4 heteroatoms. The zero-order valence-corrected chi connectivity index (χ0v) is 10.8. The highest BCUT2D eigenvalue weighted by atomic mass is 35.5. The van der Waals surface area contributed by atoms with Crippen LogP contribution in [0.5, 0.6) is 0 Å². The molecule has 0 fully saturated rings. The molecule has 0 unspecified atom stereocenters. The van der Waals surface area contributed by atoms with E-state index in [0.29, 0.717) is 17.4 Å². The summed E-state index contributed by atoms with van der Waals surface area (Å²) in [6, 6.07) is 7.41. The molecule has 0 saturated heterocycles. The first kappa shape index (κ1) is 13.4. The van der Waals surface area contributed by atoms with Crippen LogP contribution in [0.4, 0.5) is 0 Å². The predicted molar refractivity (Wildman–Crippen MR) is 68.0 cm³/mol. The van der Waals surface area contributed by atoms with Crippen LogP contribution in [0.1, 0.15) is 19.8 Å². The van der Waals surface area contributed by atoms with E-state index in [2.05, 4.69) is 6.92 Å². The number of esters is 1. The number of ether oxygens (including phenoxy) is 1. The van der Waals surface area contributed by atoms with Gasteiger partial charge >= 0.3 is 5.97 Å². The first-order valence-corrected chi connectivity index (χ1v) is 6.62. The molecule has 0 N–H and O–H groups in total. The number of hydrogen-bond acceptors (Lipinski definition) is 3. The molecule has 0 spiro atoms. The Bertz CT molecular complexity index is 324. The van der Waals surface area contributed by atoms with Gasteiger partial charge in [0.2, 0.25) is 0 Å². The lowest BCUT2D eigenvalue weighted by Crippen LogP contribution is -2.08. The second kappa shape index (κ2) is 7.58. The van der Waals surface area contributed by atoms with Crippen molar-refractivity contribution in [1.29, 1.82) is 0 Å². The van der Waals surface area contributed by atoms with Crippen LogP contribution >= 0.6 is 23.4 Å². The monoisotopic (exact) mass is 258 g/mol. The topological polar surface area (TPSA) is 26.3 Å². The minimum absolute atomic E-state index is 0.159. The SMILES string of the molecule is CCCCOC(=O)CSc1ccc(Cl)cc1. The summed E-state index contributed by atoms with van der Waals surface area (Å²) in [6.07, 6.45) is 1.97. The fourth-order valence-corrected chi connectivity index (χ4v) is 1.87. The van der Waals surface area contributed by atoms with E-state index in [1.165, 1.54) is 11.8 Å². The van der Waals surface area contributed by atoms with E-state index in [-0.39, 0.29) is 5.97 Å². The lowest BCUT2D eigenvalue weighted by Gasteiger charge is -2.03. The van der Waals surface area contributed by atoms with Crippen molar-refractivity contribution in [3.05, 3.63) is 29.3 Å². The Hall–Kier alpha value is -0.670. The van der Waals surface area contributed by atoms with Gasteiger partial charge in [0.25, 0.3) is 0 Å². The largest absolute Gasteiger partial charge is 0.465 e. The summed E-state index contributed by atoms with van der Waals surface area (Å²) in [7, 11) is 0. The highest BCUT2D eigenvalue weighted by Gasteiger charge is 2.03. The van der Waals surface area contributed by atoms with Gasteiger partial charge in [-0.15, -0.1) is 11.8 Å². The van der Waals surface area contributed by atoms with E-state index in [0.717, 1.165) is 17.7 Å². The van der Waals surface area contributed by atoms with Crippen molar-refractivity contribution in [2.45, 2.75) is 24.7 Å². The number of carbonyl (C=O) groups excluding carboxylic acids is 1. The molecule has 0 bridgehead atoms. The van der Waals surface area contributed by atoms with Crippen LogP contribution in [0.15, 0.2) is 29.2 Å². The second-order valence-corrected chi connectivity index (χ2v) is 4.80. The second-order valence-electron chi connectivity index (χ2n) is 3.32. The van der Waals surface area contributed by atoms with Crippen LogP contribution in [0, 0.1) is 0 Å². The van der Waals surface area contributed by atoms with Gasteiger partial charge in [0.05, 0.1) is 12.4 Å². The molecule has 0 heterocycles. The summed E-state index contributed by atoms with van der Waals surface area (Å²) >= 11 is 7.22. The van der Waals surface area contributed by atoms with E-state index in [1.807, 2.05) is 24.3 Å². The Morgan fingerprint density at radius 2 is 2.06 bits per heavy atom. The first-order valence-electron chi connectivity index (χ1n) is 5.26. The quantitative estimate of drug-likeness (QED) is 0.441. The van der Waals surface area contributed by atoms with E-state index < -0.39 is 0 Å². The summed E-state index contributed by atoms with van der Waals surface area (Å²) in [5.41, 5.74) is 0. The van der Waals surface area contributed by atoms with Gasteiger partial charge in [0.15, 0.2) is 0 Å². The van der Waals surface area contributed by atoms with Crippen LogP contribution in [-0.4, -0.2) is 18.3 Å². The molecule has 1 aromatic rings. The van der Waals surface area contributed by atoms with Crippen LogP contribution in [0.25, 0.3) is 0 Å². The number of benzene rings is 1. The minimum Gasteiger partial charge on any atom is -0.465 e. The van der Waals surface area contributed by atoms with Gasteiger partial charge in [-0.1, -0.05) is 24.9 Å². The lowest BCUT2D eigenvalue weighted by molar-refractivity contribution is -0.140. The zero-order chi connectivity index (χ0) is 11.8. The fourth-order valence-electron chi connectivity index (χ4n) is 1.05. The maximum absolute atomic E-state index is 11.3. The molecule has 16 heavy (non-hydrogen) atoms. The highest BCUT2D eigenvalue weighted by Crippen LogP contribution is 2.20. The molecular weight excluding hydrogens is 244 g/mol. The number of carbonyl (C=O) groups is 1. The summed E-state index contributed by atoms with van der Waals surface area (Å²) in [4.78, 5) is 12.3. The van der Waals surface area contributed by atoms with E-state index in [1.54, 1.807) is 0 Å². The van der Waals surface area contributed by atoms with Crippen molar-refractivity contribution in [2.75, 3.05) is 12.4 Å². The van der Waals surface area contributed by atoms with Crippen molar-refractivity contribution < 1.29 is 9.53 Å². The maximum Gasteiger partial charge on any atom is 0.316 e. The van der Waals surface area contributed by atoms with Crippen LogP contribution in [-0.2, 0) is 9.53 Å². The van der Waals surface area contributed by atoms with Crippen molar-refractivity contribution >= 4 is 29.3 Å². The zero-order valence-electron chi connectivity index (χ0n) is 9.24. The van der Waals surface area contributed by atoms with Crippen molar-refractivity contribution in [1.82, 2.24) is 0 Å². The Morgan fingerprint density at radius 3 is 2.69 bits per heavy atom. The molecule has 0 aliphatic heterocycles. The molecule has 0 saturated carbocycles. The van der Waals surface area contributed by atoms with Crippen molar-refractivity contribution in [3.63, 3.8) is 0 Å². The Morgan fingerprint density at radius 1 is 1.38 bits per heavy atom. The molecule has 1 aromatic carbocycles. The molecule has 0 aliphatic carbocycles. The van der Waals surface area contributed by atoms with Gasteiger partial charge in [0, 0.05) is 9.92 Å². The molecule has 2 nitrogen and oxygen atoms in total. The number of hydrogen-bond donors (Lipinski definition) is 0. The lowest BCUT2D eigenvalue weighted by atomic mass is 10.4. The standard InChI is InChI=1S/C12H15ClO2S/c1-2-3-8-15-12(14)9-16-11-6-4-10(13)5-7-11/h4-7H,2-3,8-9H2,1H3. The van der Waals surface area contributed by atoms with Crippen molar-refractivity contribution in [3.8, 4) is 0 Å². The third-order valence-corrected chi connectivity index (χ3v) is 3.17. The molecule has 0 atom stereocenters. The number of unbranched alkanes of at least 4 members (excludes halogenated alkanes) is 1. The fraction of sp³-hybridized carbons (Fsp3) is 0.417. The summed E-state index contributed by atoms with van der Waals surface area (Å²) in [5, 5.41) is 0.704. The smallest absolute Gasteiger partial charge is 0.316 e. The molecular formula is C12H15ClO2S. The van der Waals surface area contributed by atoms with Gasteiger partial charge in [-0.2, -0.15) is 0 Å². The van der Waals surface area contributed by atoms with Crippen molar-refractivity contribution in [2.24, 2.45) is 0 Å². The molecule has 0 aliphatic rings. The Kier molecular flexibility index (Phi) is 6.34. The Labute approximate surface area is 105 Å². The summed E-state index contributed by atoms with van der Waals surface area (Å²) in [5.74, 6) is 0.194. The molecule has 88 valence electrons. The third-order valence-electron chi connectivity index (χ3n) is 1.93. The van der Waals surface area contributed by atoms with Crippen LogP contribution < -0.4 is 0 Å². The average molecular weight is 259 g/mol. The number of thioether (sulfide) groups is 1. The molecule has 1 rings (SSSR count). The molecule has 0 radical (unpaired) electrons. The van der Waals surface area contributed by atoms with Gasteiger partial charge in [-0.3, -0.25) is 4.79 Å². The summed E-state index contributed by atoms with van der Waals surface area (Å²) in [6.45, 7) is 2.59. The van der Waals surface area contributed by atoms with Gasteiger partial charge in [0.1, 0.15) is 0 Å². The van der Waals surface area contributed by atoms with E-state index in [4.69, 9.17) is 16.3 Å². The maximum atomic E-state index is 11.3. The van der Waals surface area contributed by atoms with Crippen LogP contribution in [0.3, 0.4) is 0 Å². The first-order chi connectivity index (χ1) is 7.72. The van der Waals surface area contributed by atoms with Crippen LogP contribution in [0.2, 0.25) is 5.02 Å². The van der Waals surface area contributed by atoms with Gasteiger partial charge in [-0.05, 0) is 30.7 Å². The Balaban J connectivity index is 2.23. The highest BCUT2D eigenvalue weighted by molar-refractivity contribution is 8.00. The minimum atomic E-state index is -0.159. The van der Waals surface area contributed by atoms with E-state index >= 15 is 0 Å². The van der Waals surface area contributed by atoms with E-state index in [9.17, 15) is 4.79 Å². The molecule has 0 amide bonds.